The van der Waals surface area contributed by atoms with E-state index in [9.17, 15) is 0 Å². The molecule has 0 amide bonds. The molecule has 0 saturated heterocycles. The SMILES string of the molecule is CCN[Si](C)(C)C(C)(C)C(C)C. The van der Waals surface area contributed by atoms with Gasteiger partial charge in [0.05, 0.1) is 0 Å². The van der Waals surface area contributed by atoms with Crippen molar-refractivity contribution in [3.8, 4) is 0 Å². The van der Waals surface area contributed by atoms with Crippen LogP contribution in [-0.4, -0.2) is 14.8 Å². The Morgan fingerprint density at radius 2 is 1.67 bits per heavy atom. The number of rotatable bonds is 4. The van der Waals surface area contributed by atoms with E-state index in [2.05, 4.69) is 52.7 Å². The first-order valence-corrected chi connectivity index (χ1v) is 8.00. The van der Waals surface area contributed by atoms with E-state index in [-0.39, 0.29) is 0 Å². The van der Waals surface area contributed by atoms with Crippen LogP contribution in [0.1, 0.15) is 34.6 Å². The summed E-state index contributed by atoms with van der Waals surface area (Å²) in [6, 6.07) is 0. The molecule has 0 saturated carbocycles. The van der Waals surface area contributed by atoms with E-state index in [0.29, 0.717) is 5.04 Å². The molecule has 0 aliphatic heterocycles. The van der Waals surface area contributed by atoms with Gasteiger partial charge in [-0.15, -0.1) is 0 Å². The van der Waals surface area contributed by atoms with Gasteiger partial charge in [0.25, 0.3) is 0 Å². The van der Waals surface area contributed by atoms with Crippen molar-refractivity contribution >= 4 is 8.24 Å². The van der Waals surface area contributed by atoms with Crippen LogP contribution in [0.2, 0.25) is 18.1 Å². The lowest BCUT2D eigenvalue weighted by Crippen LogP contribution is -2.54. The van der Waals surface area contributed by atoms with E-state index in [1.54, 1.807) is 0 Å². The van der Waals surface area contributed by atoms with Crippen LogP contribution < -0.4 is 4.98 Å². The molecule has 0 aliphatic carbocycles. The van der Waals surface area contributed by atoms with Crippen LogP contribution >= 0.6 is 0 Å². The standard InChI is InChI=1S/C10H25NSi/c1-8-11-12(6,7)10(4,5)9(2)3/h9,11H,8H2,1-7H3. The molecule has 0 aromatic rings. The molecule has 74 valence electrons. The van der Waals surface area contributed by atoms with Gasteiger partial charge in [-0.25, -0.2) is 0 Å². The van der Waals surface area contributed by atoms with Crippen molar-refractivity contribution in [2.75, 3.05) is 6.54 Å². The largest absolute Gasteiger partial charge is 0.337 e. The van der Waals surface area contributed by atoms with Crippen LogP contribution in [0.5, 0.6) is 0 Å². The highest BCUT2D eigenvalue weighted by Gasteiger charge is 2.40. The summed E-state index contributed by atoms with van der Waals surface area (Å²) in [6.07, 6.45) is 0. The molecule has 1 N–H and O–H groups in total. The fraction of sp³-hybridized carbons (Fsp3) is 1.00. The van der Waals surface area contributed by atoms with Gasteiger partial charge < -0.3 is 4.98 Å². The average Bonchev–Trinajstić information content (AvgIpc) is 1.86. The molecule has 0 aromatic heterocycles. The highest BCUT2D eigenvalue weighted by molar-refractivity contribution is 6.77. The molecule has 2 heteroatoms. The van der Waals surface area contributed by atoms with Gasteiger partial charge in [-0.2, -0.15) is 0 Å². The quantitative estimate of drug-likeness (QED) is 0.666. The lowest BCUT2D eigenvalue weighted by Gasteiger charge is -2.43. The van der Waals surface area contributed by atoms with E-state index in [0.717, 1.165) is 12.5 Å². The van der Waals surface area contributed by atoms with E-state index in [1.807, 2.05) is 0 Å². The van der Waals surface area contributed by atoms with Crippen molar-refractivity contribution in [2.45, 2.75) is 52.8 Å². The maximum Gasteiger partial charge on any atom is 0.125 e. The lowest BCUT2D eigenvalue weighted by atomic mass is 9.99. The summed E-state index contributed by atoms with van der Waals surface area (Å²) in [7, 11) is -1.24. The van der Waals surface area contributed by atoms with Gasteiger partial charge in [0.1, 0.15) is 8.24 Å². The van der Waals surface area contributed by atoms with Gasteiger partial charge in [-0.05, 0) is 17.5 Å². The molecule has 1 nitrogen and oxygen atoms in total. The topological polar surface area (TPSA) is 12.0 Å². The molecule has 0 radical (unpaired) electrons. The Hall–Kier alpha value is 0.177. The Morgan fingerprint density at radius 1 is 1.25 bits per heavy atom. The molecule has 0 aromatic carbocycles. The van der Waals surface area contributed by atoms with Gasteiger partial charge in [-0.3, -0.25) is 0 Å². The number of hydrogen-bond acceptors (Lipinski definition) is 1. The van der Waals surface area contributed by atoms with Crippen molar-refractivity contribution < 1.29 is 0 Å². The molecule has 0 heterocycles. The second kappa shape index (κ2) is 3.92. The highest BCUT2D eigenvalue weighted by atomic mass is 28.3. The minimum absolute atomic E-state index is 0.475. The molecular weight excluding hydrogens is 162 g/mol. The fourth-order valence-electron chi connectivity index (χ4n) is 1.39. The monoisotopic (exact) mass is 187 g/mol. The Labute approximate surface area is 79.0 Å². The first kappa shape index (κ1) is 12.2. The van der Waals surface area contributed by atoms with Gasteiger partial charge in [0, 0.05) is 0 Å². The van der Waals surface area contributed by atoms with Crippen molar-refractivity contribution in [1.29, 1.82) is 0 Å². The van der Waals surface area contributed by atoms with Gasteiger partial charge in [-0.1, -0.05) is 47.7 Å². The Kier molecular flexibility index (Phi) is 3.98. The third kappa shape index (κ3) is 2.33. The van der Waals surface area contributed by atoms with Crippen LogP contribution in [0.3, 0.4) is 0 Å². The molecule has 0 bridgehead atoms. The molecule has 0 rings (SSSR count). The van der Waals surface area contributed by atoms with Gasteiger partial charge in [0.15, 0.2) is 0 Å². The zero-order valence-electron chi connectivity index (χ0n) is 9.78. The number of hydrogen-bond donors (Lipinski definition) is 1. The summed E-state index contributed by atoms with van der Waals surface area (Å²) in [5.41, 5.74) is 0. The van der Waals surface area contributed by atoms with Gasteiger partial charge >= 0.3 is 0 Å². The predicted octanol–water partition coefficient (Wildman–Crippen LogP) is 3.24. The molecular formula is C10H25NSi. The van der Waals surface area contributed by atoms with E-state index in [4.69, 9.17) is 0 Å². The van der Waals surface area contributed by atoms with E-state index < -0.39 is 8.24 Å². The zero-order chi connectivity index (χ0) is 9.99. The summed E-state index contributed by atoms with van der Waals surface area (Å²) >= 11 is 0. The van der Waals surface area contributed by atoms with Crippen molar-refractivity contribution in [2.24, 2.45) is 5.92 Å². The normalized spacial score (nSPS) is 14.0. The van der Waals surface area contributed by atoms with Crippen LogP contribution in [-0.2, 0) is 0 Å². The second-order valence-electron chi connectivity index (χ2n) is 5.03. The predicted molar refractivity (Wildman–Crippen MR) is 60.0 cm³/mol. The minimum atomic E-state index is -1.24. The number of nitrogens with one attached hydrogen (secondary N) is 1. The summed E-state index contributed by atoms with van der Waals surface area (Å²) in [4.78, 5) is 3.68. The third-order valence-corrected chi connectivity index (χ3v) is 8.71. The van der Waals surface area contributed by atoms with E-state index >= 15 is 0 Å². The zero-order valence-corrected chi connectivity index (χ0v) is 10.8. The smallest absolute Gasteiger partial charge is 0.125 e. The molecule has 0 atom stereocenters. The summed E-state index contributed by atoms with van der Waals surface area (Å²) in [6.45, 7) is 17.6. The van der Waals surface area contributed by atoms with E-state index in [1.165, 1.54) is 0 Å². The summed E-state index contributed by atoms with van der Waals surface area (Å²) < 4.78 is 0. The Morgan fingerprint density at radius 3 is 1.92 bits per heavy atom. The molecule has 0 unspecified atom stereocenters. The maximum absolute atomic E-state index is 3.68. The van der Waals surface area contributed by atoms with Crippen LogP contribution in [0, 0.1) is 5.92 Å². The first-order valence-electron chi connectivity index (χ1n) is 5.00. The van der Waals surface area contributed by atoms with Crippen LogP contribution in [0.25, 0.3) is 0 Å². The molecule has 0 aliphatic rings. The highest BCUT2D eigenvalue weighted by Crippen LogP contribution is 2.42. The summed E-state index contributed by atoms with van der Waals surface area (Å²) in [5.74, 6) is 0.762. The van der Waals surface area contributed by atoms with Crippen LogP contribution in [0.4, 0.5) is 0 Å². The van der Waals surface area contributed by atoms with Gasteiger partial charge in [0.2, 0.25) is 0 Å². The first-order chi connectivity index (χ1) is 5.25. The third-order valence-electron chi connectivity index (χ3n) is 3.67. The summed E-state index contributed by atoms with van der Waals surface area (Å²) in [5, 5.41) is 0.475. The molecule has 12 heavy (non-hydrogen) atoms. The van der Waals surface area contributed by atoms with Crippen molar-refractivity contribution in [3.63, 3.8) is 0 Å². The average molecular weight is 187 g/mol. The maximum atomic E-state index is 3.68. The molecule has 0 fully saturated rings. The molecule has 0 spiro atoms. The van der Waals surface area contributed by atoms with Crippen molar-refractivity contribution in [1.82, 2.24) is 4.98 Å². The Balaban J connectivity index is 4.50. The lowest BCUT2D eigenvalue weighted by molar-refractivity contribution is 0.450. The minimum Gasteiger partial charge on any atom is -0.337 e. The van der Waals surface area contributed by atoms with Crippen LogP contribution in [0.15, 0.2) is 0 Å². The Bertz CT molecular complexity index is 139. The fourth-order valence-corrected chi connectivity index (χ4v) is 4.17. The second-order valence-corrected chi connectivity index (χ2v) is 9.92. The van der Waals surface area contributed by atoms with Crippen molar-refractivity contribution in [3.05, 3.63) is 0 Å².